The first-order valence-corrected chi connectivity index (χ1v) is 15.6. The number of rotatable bonds is 3. The summed E-state index contributed by atoms with van der Waals surface area (Å²) in [4.78, 5) is 0. The van der Waals surface area contributed by atoms with Crippen LogP contribution in [0.2, 0.25) is 19.6 Å². The van der Waals surface area contributed by atoms with Gasteiger partial charge < -0.3 is 0 Å². The molecule has 33 heavy (non-hydrogen) atoms. The van der Waals surface area contributed by atoms with E-state index in [9.17, 15) is 0 Å². The van der Waals surface area contributed by atoms with E-state index in [2.05, 4.69) is 128 Å². The van der Waals surface area contributed by atoms with Gasteiger partial charge in [-0.05, 0) is 48.2 Å². The van der Waals surface area contributed by atoms with Crippen molar-refractivity contribution in [1.82, 2.24) is 0 Å². The van der Waals surface area contributed by atoms with E-state index in [1.165, 1.54) is 39.2 Å². The quantitative estimate of drug-likeness (QED) is 0.258. The summed E-state index contributed by atoms with van der Waals surface area (Å²) in [6.07, 6.45) is 5.93. The van der Waals surface area contributed by atoms with Crippen LogP contribution < -0.4 is 14.3 Å². The maximum Gasteiger partial charge on any atom is 0.417 e. The molecule has 164 valence electrons. The Kier molecular flexibility index (Phi) is 4.35. The molecule has 2 aliphatic heterocycles. The van der Waals surface area contributed by atoms with Gasteiger partial charge in [0.2, 0.25) is 11.4 Å². The van der Waals surface area contributed by atoms with Crippen molar-refractivity contribution < 1.29 is 9.13 Å². The van der Waals surface area contributed by atoms with Crippen molar-refractivity contribution in [3.05, 3.63) is 102 Å². The van der Waals surface area contributed by atoms with Gasteiger partial charge >= 0.3 is 5.66 Å². The predicted molar refractivity (Wildman–Crippen MR) is 137 cm³/mol. The standard InChI is InChI=1S/C30H32N2Si/c1-21(2)18-22-19-28-24-13-7-9-15-26(24)30(32(28)20-29(22)33(3,4)5)25-14-8-6-12-23(25)27-16-10-11-17-31(27)30/h6-17,19-21H,18H2,1-5H3/q+2/t30-/m1/s1. The summed E-state index contributed by atoms with van der Waals surface area (Å²) in [5.74, 6) is 0.635. The van der Waals surface area contributed by atoms with Crippen LogP contribution in [0.3, 0.4) is 0 Å². The zero-order valence-electron chi connectivity index (χ0n) is 20.3. The highest BCUT2D eigenvalue weighted by molar-refractivity contribution is 6.89. The van der Waals surface area contributed by atoms with Gasteiger partial charge in [0.15, 0.2) is 12.4 Å². The Hall–Kier alpha value is -3.04. The predicted octanol–water partition coefficient (Wildman–Crippen LogP) is 5.26. The van der Waals surface area contributed by atoms with Crippen LogP contribution in [0.4, 0.5) is 0 Å². The normalized spacial score (nSPS) is 17.8. The third kappa shape index (κ3) is 2.72. The number of hydrogen-bond acceptors (Lipinski definition) is 0. The molecule has 6 rings (SSSR count). The molecule has 1 spiro atoms. The van der Waals surface area contributed by atoms with Gasteiger partial charge in [0.05, 0.1) is 19.2 Å². The zero-order chi connectivity index (χ0) is 23.0. The number of fused-ring (bicyclic) bond motifs is 10. The summed E-state index contributed by atoms with van der Waals surface area (Å²) in [6.45, 7) is 12.1. The molecule has 0 aliphatic carbocycles. The second-order valence-electron chi connectivity index (χ2n) is 11.0. The molecule has 1 atom stereocenters. The maximum absolute atomic E-state index is 2.60. The van der Waals surface area contributed by atoms with Gasteiger partial charge in [-0.2, -0.15) is 0 Å². The summed E-state index contributed by atoms with van der Waals surface area (Å²) in [7, 11) is -1.57. The van der Waals surface area contributed by atoms with Crippen molar-refractivity contribution in [2.45, 2.75) is 45.6 Å². The molecule has 0 radical (unpaired) electrons. The number of hydrogen-bond donors (Lipinski definition) is 0. The summed E-state index contributed by atoms with van der Waals surface area (Å²) < 4.78 is 5.10. The van der Waals surface area contributed by atoms with Gasteiger partial charge in [0.25, 0.3) is 0 Å². The lowest BCUT2D eigenvalue weighted by Crippen LogP contribution is -2.72. The molecule has 0 N–H and O–H groups in total. The molecule has 0 bridgehead atoms. The van der Waals surface area contributed by atoms with Gasteiger partial charge in [-0.3, -0.25) is 0 Å². The Balaban J connectivity index is 1.78. The Morgan fingerprint density at radius 2 is 1.36 bits per heavy atom. The first-order chi connectivity index (χ1) is 15.8. The molecule has 2 aromatic carbocycles. The van der Waals surface area contributed by atoms with Gasteiger partial charge in [-0.1, -0.05) is 57.8 Å². The lowest BCUT2D eigenvalue weighted by Gasteiger charge is -2.23. The molecular formula is C30H32N2Si+2. The smallest absolute Gasteiger partial charge is 0.126 e. The van der Waals surface area contributed by atoms with Gasteiger partial charge in [-0.25, -0.2) is 0 Å². The molecule has 2 aromatic heterocycles. The van der Waals surface area contributed by atoms with Crippen LogP contribution in [-0.4, -0.2) is 8.07 Å². The van der Waals surface area contributed by atoms with E-state index in [1.54, 1.807) is 5.19 Å². The highest BCUT2D eigenvalue weighted by Gasteiger charge is 2.66. The summed E-state index contributed by atoms with van der Waals surface area (Å²) in [5, 5.41) is 1.58. The summed E-state index contributed by atoms with van der Waals surface area (Å²) in [6, 6.07) is 27.1. The summed E-state index contributed by atoms with van der Waals surface area (Å²) >= 11 is 0. The first-order valence-electron chi connectivity index (χ1n) is 12.1. The van der Waals surface area contributed by atoms with Crippen LogP contribution in [0.15, 0.2) is 85.2 Å². The molecule has 4 heterocycles. The third-order valence-corrected chi connectivity index (χ3v) is 9.39. The lowest BCUT2D eigenvalue weighted by molar-refractivity contribution is -0.954. The fraction of sp³-hybridized carbons (Fsp3) is 0.267. The number of nitrogens with zero attached hydrogens (tertiary/aromatic N) is 2. The Morgan fingerprint density at radius 1 is 0.758 bits per heavy atom. The molecule has 4 aromatic rings. The molecule has 0 saturated heterocycles. The number of benzene rings is 2. The lowest BCUT2D eigenvalue weighted by atomic mass is 9.90. The minimum absolute atomic E-state index is 0.385. The second-order valence-corrected chi connectivity index (χ2v) is 16.1. The molecular weight excluding hydrogens is 416 g/mol. The topological polar surface area (TPSA) is 7.76 Å². The van der Waals surface area contributed by atoms with Crippen LogP contribution >= 0.6 is 0 Å². The van der Waals surface area contributed by atoms with Gasteiger partial charge in [0, 0.05) is 23.4 Å². The maximum atomic E-state index is 2.60. The minimum atomic E-state index is -1.57. The van der Waals surface area contributed by atoms with Crippen LogP contribution in [0.1, 0.15) is 30.5 Å². The fourth-order valence-corrected chi connectivity index (χ4v) is 7.75. The van der Waals surface area contributed by atoms with Gasteiger partial charge in [0.1, 0.15) is 11.1 Å². The number of aromatic nitrogens is 2. The molecule has 0 fully saturated rings. The van der Waals surface area contributed by atoms with E-state index in [1.807, 2.05) is 0 Å². The SMILES string of the molecule is CC(C)Cc1cc2[n+](cc1[Si](C)(C)C)[C@]1(c3ccccc3-c3cccc[n+]31)c1ccccc1-2. The van der Waals surface area contributed by atoms with E-state index in [0.717, 1.165) is 6.42 Å². The molecule has 0 unspecified atom stereocenters. The van der Waals surface area contributed by atoms with Crippen molar-refractivity contribution in [2.24, 2.45) is 5.92 Å². The van der Waals surface area contributed by atoms with Crippen molar-refractivity contribution in [3.63, 3.8) is 0 Å². The van der Waals surface area contributed by atoms with E-state index < -0.39 is 8.07 Å². The zero-order valence-corrected chi connectivity index (χ0v) is 21.3. The van der Waals surface area contributed by atoms with Crippen molar-refractivity contribution >= 4 is 13.3 Å². The van der Waals surface area contributed by atoms with E-state index in [0.29, 0.717) is 5.92 Å². The number of pyridine rings is 2. The molecule has 2 nitrogen and oxygen atoms in total. The molecule has 0 amide bonds. The molecule has 3 heteroatoms. The summed E-state index contributed by atoms with van der Waals surface area (Å²) in [5.41, 5.74) is 9.18. The molecule has 0 saturated carbocycles. The monoisotopic (exact) mass is 448 g/mol. The van der Waals surface area contributed by atoms with Crippen LogP contribution in [0, 0.1) is 5.92 Å². The van der Waals surface area contributed by atoms with Gasteiger partial charge in [-0.15, -0.1) is 9.13 Å². The average molecular weight is 449 g/mol. The van der Waals surface area contributed by atoms with Crippen LogP contribution in [-0.2, 0) is 12.1 Å². The van der Waals surface area contributed by atoms with Crippen molar-refractivity contribution in [2.75, 3.05) is 0 Å². The Labute approximate surface area is 198 Å². The van der Waals surface area contributed by atoms with E-state index in [4.69, 9.17) is 0 Å². The Morgan fingerprint density at radius 3 is 2.00 bits per heavy atom. The van der Waals surface area contributed by atoms with Crippen molar-refractivity contribution in [3.8, 4) is 22.5 Å². The van der Waals surface area contributed by atoms with E-state index >= 15 is 0 Å². The molecule has 2 aliphatic rings. The fourth-order valence-electron chi connectivity index (χ4n) is 6.10. The van der Waals surface area contributed by atoms with E-state index in [-0.39, 0.29) is 5.66 Å². The second kappa shape index (κ2) is 6.98. The third-order valence-electron chi connectivity index (χ3n) is 7.33. The minimum Gasteiger partial charge on any atom is -0.126 e. The van der Waals surface area contributed by atoms with Crippen molar-refractivity contribution in [1.29, 1.82) is 0 Å². The van der Waals surface area contributed by atoms with Crippen LogP contribution in [0.25, 0.3) is 22.5 Å². The largest absolute Gasteiger partial charge is 0.417 e. The highest BCUT2D eigenvalue weighted by Crippen LogP contribution is 2.46. The Bertz CT molecular complexity index is 1370. The average Bonchev–Trinajstić information content (AvgIpc) is 3.25. The first kappa shape index (κ1) is 20.6. The highest BCUT2D eigenvalue weighted by atomic mass is 28.3. The van der Waals surface area contributed by atoms with Crippen LogP contribution in [0.5, 0.6) is 0 Å².